The highest BCUT2D eigenvalue weighted by molar-refractivity contribution is 8.00. The number of pyridine rings is 1. The van der Waals surface area contributed by atoms with Crippen molar-refractivity contribution in [2.75, 3.05) is 19.0 Å². The van der Waals surface area contributed by atoms with Gasteiger partial charge < -0.3 is 14.5 Å². The number of nitrogens with zero attached hydrogens (tertiary/aromatic N) is 2. The van der Waals surface area contributed by atoms with Gasteiger partial charge in [-0.25, -0.2) is 14.6 Å². The van der Waals surface area contributed by atoms with Crippen LogP contribution in [-0.4, -0.2) is 46.7 Å². The number of ether oxygens (including phenoxy) is 2. The van der Waals surface area contributed by atoms with Gasteiger partial charge in [0.2, 0.25) is 0 Å². The lowest BCUT2D eigenvalue weighted by Gasteiger charge is -2.09. The van der Waals surface area contributed by atoms with E-state index in [1.165, 1.54) is 6.07 Å². The Bertz CT molecular complexity index is 1040. The van der Waals surface area contributed by atoms with Crippen molar-refractivity contribution in [3.05, 3.63) is 45.4 Å². The number of Topliss-reactive ketones (excluding diaryl/α,β-unsaturated/α-hetero) is 1. The van der Waals surface area contributed by atoms with Crippen molar-refractivity contribution in [1.82, 2.24) is 9.97 Å². The lowest BCUT2D eigenvalue weighted by Crippen LogP contribution is -2.10. The number of esters is 2. The van der Waals surface area contributed by atoms with Crippen LogP contribution in [0.1, 0.15) is 67.6 Å². The summed E-state index contributed by atoms with van der Waals surface area (Å²) in [5.74, 6) is -1.25. The quantitative estimate of drug-likeness (QED) is 0.384. The molecular formula is C21H23N3O5S. The van der Waals surface area contributed by atoms with Gasteiger partial charge in [-0.1, -0.05) is 11.8 Å². The Labute approximate surface area is 179 Å². The summed E-state index contributed by atoms with van der Waals surface area (Å²) < 4.78 is 9.99. The van der Waals surface area contributed by atoms with Gasteiger partial charge in [-0.3, -0.25) is 4.79 Å². The van der Waals surface area contributed by atoms with E-state index >= 15 is 0 Å². The van der Waals surface area contributed by atoms with Gasteiger partial charge in [-0.05, 0) is 46.2 Å². The Kier molecular flexibility index (Phi) is 7.78. The molecule has 2 aromatic rings. The summed E-state index contributed by atoms with van der Waals surface area (Å²) in [4.78, 5) is 44.1. The predicted octanol–water partition coefficient (Wildman–Crippen LogP) is 3.54. The Hall–Kier alpha value is -3.12. The first-order valence-corrected chi connectivity index (χ1v) is 10.3. The molecule has 0 aliphatic rings. The first-order valence-electron chi connectivity index (χ1n) is 9.36. The molecule has 0 radical (unpaired) electrons. The van der Waals surface area contributed by atoms with Gasteiger partial charge in [0.25, 0.3) is 0 Å². The van der Waals surface area contributed by atoms with Crippen LogP contribution in [0.4, 0.5) is 0 Å². The number of aromatic nitrogens is 2. The maximum absolute atomic E-state index is 12.8. The second-order valence-corrected chi connectivity index (χ2v) is 7.33. The summed E-state index contributed by atoms with van der Waals surface area (Å²) in [6.07, 6.45) is 0. The van der Waals surface area contributed by atoms with E-state index in [4.69, 9.17) is 9.47 Å². The number of nitriles is 1. The average molecular weight is 429 g/mol. The molecule has 1 N–H and O–H groups in total. The number of carbonyl (C=O) groups is 3. The van der Waals surface area contributed by atoms with Crippen molar-refractivity contribution in [1.29, 1.82) is 5.26 Å². The van der Waals surface area contributed by atoms with Crippen LogP contribution < -0.4 is 0 Å². The number of hydrogen-bond acceptors (Lipinski definition) is 8. The number of aromatic amines is 1. The average Bonchev–Trinajstić information content (AvgIpc) is 3.00. The zero-order valence-corrected chi connectivity index (χ0v) is 18.4. The first-order chi connectivity index (χ1) is 14.2. The Morgan fingerprint density at radius 3 is 2.37 bits per heavy atom. The molecule has 0 spiro atoms. The zero-order chi connectivity index (χ0) is 22.4. The molecule has 2 heterocycles. The van der Waals surface area contributed by atoms with Gasteiger partial charge in [0.1, 0.15) is 16.8 Å². The molecule has 8 nitrogen and oxygen atoms in total. The number of hydrogen-bond donors (Lipinski definition) is 1. The molecule has 0 saturated carbocycles. The fourth-order valence-corrected chi connectivity index (χ4v) is 3.84. The number of ketones is 1. The number of nitrogens with one attached hydrogen (secondary N) is 1. The lowest BCUT2D eigenvalue weighted by molar-refractivity contribution is 0.0512. The smallest absolute Gasteiger partial charge is 0.355 e. The van der Waals surface area contributed by atoms with Crippen molar-refractivity contribution in [2.45, 2.75) is 39.6 Å². The molecule has 0 bridgehead atoms. The highest BCUT2D eigenvalue weighted by Gasteiger charge is 2.23. The Morgan fingerprint density at radius 2 is 1.77 bits per heavy atom. The molecule has 9 heteroatoms. The van der Waals surface area contributed by atoms with Crippen LogP contribution in [0.15, 0.2) is 11.1 Å². The van der Waals surface area contributed by atoms with Crippen LogP contribution in [0.2, 0.25) is 0 Å². The summed E-state index contributed by atoms with van der Waals surface area (Å²) in [6.45, 7) is 8.90. The van der Waals surface area contributed by atoms with Crippen LogP contribution in [0.3, 0.4) is 0 Å². The van der Waals surface area contributed by atoms with Crippen molar-refractivity contribution < 1.29 is 23.9 Å². The van der Waals surface area contributed by atoms with E-state index in [1.807, 2.05) is 6.07 Å². The molecule has 0 aliphatic heterocycles. The van der Waals surface area contributed by atoms with Gasteiger partial charge in [0.05, 0.1) is 35.8 Å². The molecule has 0 fully saturated rings. The molecule has 0 atom stereocenters. The molecule has 0 saturated heterocycles. The van der Waals surface area contributed by atoms with Crippen LogP contribution in [0.5, 0.6) is 0 Å². The highest BCUT2D eigenvalue weighted by atomic mass is 32.2. The fraction of sp³-hybridized carbons (Fsp3) is 0.381. The maximum Gasteiger partial charge on any atom is 0.355 e. The van der Waals surface area contributed by atoms with E-state index in [2.05, 4.69) is 9.97 Å². The molecule has 2 aromatic heterocycles. The van der Waals surface area contributed by atoms with Crippen molar-refractivity contribution in [3.8, 4) is 6.07 Å². The van der Waals surface area contributed by atoms with E-state index in [0.29, 0.717) is 27.5 Å². The summed E-state index contributed by atoms with van der Waals surface area (Å²) in [5.41, 5.74) is 2.61. The topological polar surface area (TPSA) is 122 Å². The third-order valence-corrected chi connectivity index (χ3v) is 5.32. The summed E-state index contributed by atoms with van der Waals surface area (Å²) in [7, 11) is 0. The molecule has 0 unspecified atom stereocenters. The first kappa shape index (κ1) is 23.2. The second-order valence-electron chi connectivity index (χ2n) is 6.36. The third kappa shape index (κ3) is 4.89. The number of rotatable bonds is 8. The number of thioether (sulfide) groups is 1. The lowest BCUT2D eigenvalue weighted by atomic mass is 10.1. The van der Waals surface area contributed by atoms with Crippen molar-refractivity contribution >= 4 is 29.5 Å². The summed E-state index contributed by atoms with van der Waals surface area (Å²) in [5, 5.41) is 9.79. The molecule has 2 rings (SSSR count). The van der Waals surface area contributed by atoms with Crippen LogP contribution in [0.25, 0.3) is 0 Å². The van der Waals surface area contributed by atoms with Crippen LogP contribution >= 0.6 is 11.8 Å². The summed E-state index contributed by atoms with van der Waals surface area (Å²) in [6, 6.07) is 3.44. The minimum Gasteiger partial charge on any atom is -0.462 e. The molecule has 158 valence electrons. The Morgan fingerprint density at radius 1 is 1.13 bits per heavy atom. The van der Waals surface area contributed by atoms with E-state index < -0.39 is 11.9 Å². The van der Waals surface area contributed by atoms with Gasteiger partial charge in [-0.2, -0.15) is 5.26 Å². The van der Waals surface area contributed by atoms with Gasteiger partial charge >= 0.3 is 11.9 Å². The minimum absolute atomic E-state index is 0.0155. The van der Waals surface area contributed by atoms with Crippen LogP contribution in [-0.2, 0) is 9.47 Å². The summed E-state index contributed by atoms with van der Waals surface area (Å²) >= 11 is 1.10. The number of carbonyl (C=O) groups excluding carboxylic acids is 3. The monoisotopic (exact) mass is 429 g/mol. The standard InChI is InChI=1S/C21H23N3O5S/c1-6-28-20(26)15-8-14(9-22)19(24-12(15)4)30-10-16(25)17-11(3)18(23-13(17)5)21(27)29-7-2/h8,23H,6-7,10H2,1-5H3. The second kappa shape index (κ2) is 10.1. The van der Waals surface area contributed by atoms with Crippen molar-refractivity contribution in [3.63, 3.8) is 0 Å². The maximum atomic E-state index is 12.8. The Balaban J connectivity index is 2.25. The van der Waals surface area contributed by atoms with Gasteiger partial charge in [-0.15, -0.1) is 0 Å². The number of H-pyrrole nitrogens is 1. The fourth-order valence-electron chi connectivity index (χ4n) is 2.97. The van der Waals surface area contributed by atoms with E-state index in [1.54, 1.807) is 34.6 Å². The highest BCUT2D eigenvalue weighted by Crippen LogP contribution is 2.26. The predicted molar refractivity (Wildman–Crippen MR) is 111 cm³/mol. The van der Waals surface area contributed by atoms with E-state index in [0.717, 1.165) is 11.8 Å². The normalized spacial score (nSPS) is 10.4. The third-order valence-electron chi connectivity index (χ3n) is 4.33. The molecule has 0 amide bonds. The molecule has 30 heavy (non-hydrogen) atoms. The number of aryl methyl sites for hydroxylation is 2. The molecule has 0 aliphatic carbocycles. The minimum atomic E-state index is -0.545. The SMILES string of the molecule is CCOC(=O)c1cc(C#N)c(SCC(=O)c2c(C)[nH]c(C(=O)OCC)c2C)nc1C. The van der Waals surface area contributed by atoms with Gasteiger partial charge in [0, 0.05) is 11.3 Å². The van der Waals surface area contributed by atoms with Gasteiger partial charge in [0.15, 0.2) is 5.78 Å². The largest absolute Gasteiger partial charge is 0.462 e. The zero-order valence-electron chi connectivity index (χ0n) is 17.5. The van der Waals surface area contributed by atoms with E-state index in [9.17, 15) is 19.6 Å². The van der Waals surface area contributed by atoms with E-state index in [-0.39, 0.29) is 41.6 Å². The van der Waals surface area contributed by atoms with Crippen LogP contribution in [0, 0.1) is 32.1 Å². The molecule has 0 aromatic carbocycles. The molecular weight excluding hydrogens is 406 g/mol. The van der Waals surface area contributed by atoms with Crippen molar-refractivity contribution in [2.24, 2.45) is 0 Å².